The zero-order valence-corrected chi connectivity index (χ0v) is 16.4. The van der Waals surface area contributed by atoms with Crippen LogP contribution in [0.4, 0.5) is 0 Å². The van der Waals surface area contributed by atoms with E-state index in [9.17, 15) is 9.59 Å². The SMILES string of the molecule is Cc1cc(Br)ccc1OCC(=O)NNC(=O)Cc1cccc2ccccc12. The first-order chi connectivity index (χ1) is 13.0. The number of halogens is 1. The van der Waals surface area contributed by atoms with Gasteiger partial charge in [0.15, 0.2) is 6.61 Å². The minimum atomic E-state index is -0.427. The Morgan fingerprint density at radius 1 is 0.963 bits per heavy atom. The second-order valence-corrected chi connectivity index (χ2v) is 7.03. The third kappa shape index (κ3) is 5.08. The van der Waals surface area contributed by atoms with E-state index in [-0.39, 0.29) is 18.9 Å². The first-order valence-electron chi connectivity index (χ1n) is 8.46. The maximum Gasteiger partial charge on any atom is 0.276 e. The number of hydrogen-bond acceptors (Lipinski definition) is 3. The van der Waals surface area contributed by atoms with Gasteiger partial charge in [0.25, 0.3) is 5.91 Å². The highest BCUT2D eigenvalue weighted by Crippen LogP contribution is 2.22. The van der Waals surface area contributed by atoms with E-state index in [0.717, 1.165) is 26.4 Å². The van der Waals surface area contributed by atoms with Crippen LogP contribution in [0.2, 0.25) is 0 Å². The van der Waals surface area contributed by atoms with Crippen LogP contribution in [0.3, 0.4) is 0 Å². The number of benzene rings is 3. The Hall–Kier alpha value is -2.86. The van der Waals surface area contributed by atoms with Crippen molar-refractivity contribution >= 4 is 38.5 Å². The molecule has 0 radical (unpaired) electrons. The van der Waals surface area contributed by atoms with E-state index in [2.05, 4.69) is 26.8 Å². The molecule has 3 aromatic carbocycles. The number of fused-ring (bicyclic) bond motifs is 1. The minimum absolute atomic E-state index is 0.175. The lowest BCUT2D eigenvalue weighted by atomic mass is 10.0. The Bertz CT molecular complexity index is 983. The second-order valence-electron chi connectivity index (χ2n) is 6.11. The van der Waals surface area contributed by atoms with Crippen LogP contribution in [0.25, 0.3) is 10.8 Å². The molecule has 0 unspecified atom stereocenters. The molecule has 0 aliphatic carbocycles. The van der Waals surface area contributed by atoms with Gasteiger partial charge in [-0.3, -0.25) is 20.4 Å². The van der Waals surface area contributed by atoms with E-state index in [1.165, 1.54) is 0 Å². The van der Waals surface area contributed by atoms with Crippen molar-refractivity contribution in [3.63, 3.8) is 0 Å². The molecular weight excluding hydrogens is 408 g/mol. The van der Waals surface area contributed by atoms with Crippen molar-refractivity contribution in [2.75, 3.05) is 6.61 Å². The summed E-state index contributed by atoms with van der Waals surface area (Å²) < 4.78 is 6.42. The lowest BCUT2D eigenvalue weighted by molar-refractivity contribution is -0.129. The molecule has 0 spiro atoms. The largest absolute Gasteiger partial charge is 0.483 e. The molecule has 2 N–H and O–H groups in total. The van der Waals surface area contributed by atoms with E-state index < -0.39 is 5.91 Å². The van der Waals surface area contributed by atoms with Crippen molar-refractivity contribution < 1.29 is 14.3 Å². The second kappa shape index (κ2) is 8.68. The molecule has 0 atom stereocenters. The summed E-state index contributed by atoms with van der Waals surface area (Å²) >= 11 is 3.38. The summed E-state index contributed by atoms with van der Waals surface area (Å²) in [6, 6.07) is 19.2. The number of rotatable bonds is 5. The Labute approximate surface area is 165 Å². The highest BCUT2D eigenvalue weighted by atomic mass is 79.9. The van der Waals surface area contributed by atoms with Crippen molar-refractivity contribution in [2.24, 2.45) is 0 Å². The lowest BCUT2D eigenvalue weighted by Gasteiger charge is -2.11. The van der Waals surface area contributed by atoms with Crippen LogP contribution in [0, 0.1) is 6.92 Å². The van der Waals surface area contributed by atoms with Crippen LogP contribution in [0.5, 0.6) is 5.75 Å². The number of hydrogen-bond donors (Lipinski definition) is 2. The summed E-state index contributed by atoms with van der Waals surface area (Å²) in [6.07, 6.45) is 0.175. The summed E-state index contributed by atoms with van der Waals surface area (Å²) in [6.45, 7) is 1.71. The predicted octanol–water partition coefficient (Wildman–Crippen LogP) is 3.68. The third-order valence-electron chi connectivity index (χ3n) is 4.07. The van der Waals surface area contributed by atoms with Gasteiger partial charge in [0.2, 0.25) is 5.91 Å². The van der Waals surface area contributed by atoms with E-state index in [4.69, 9.17) is 4.74 Å². The fourth-order valence-electron chi connectivity index (χ4n) is 2.76. The zero-order valence-electron chi connectivity index (χ0n) is 14.8. The molecule has 27 heavy (non-hydrogen) atoms. The average molecular weight is 427 g/mol. The maximum absolute atomic E-state index is 12.2. The third-order valence-corrected chi connectivity index (χ3v) is 4.56. The normalized spacial score (nSPS) is 10.4. The van der Waals surface area contributed by atoms with Crippen molar-refractivity contribution in [1.29, 1.82) is 0 Å². The molecule has 6 heteroatoms. The number of aryl methyl sites for hydroxylation is 1. The fraction of sp³-hybridized carbons (Fsp3) is 0.143. The number of hydrazine groups is 1. The van der Waals surface area contributed by atoms with E-state index in [1.54, 1.807) is 6.07 Å². The zero-order chi connectivity index (χ0) is 19.2. The van der Waals surface area contributed by atoms with Gasteiger partial charge >= 0.3 is 0 Å². The number of nitrogens with one attached hydrogen (secondary N) is 2. The molecule has 5 nitrogen and oxygen atoms in total. The molecule has 0 aliphatic rings. The molecule has 0 bridgehead atoms. The summed E-state index contributed by atoms with van der Waals surface area (Å²) in [5, 5.41) is 2.10. The monoisotopic (exact) mass is 426 g/mol. The van der Waals surface area contributed by atoms with E-state index in [1.807, 2.05) is 61.5 Å². The highest BCUT2D eigenvalue weighted by Gasteiger charge is 2.09. The smallest absolute Gasteiger partial charge is 0.276 e. The van der Waals surface area contributed by atoms with Gasteiger partial charge in [-0.05, 0) is 47.0 Å². The molecule has 0 saturated carbocycles. The summed E-state index contributed by atoms with van der Waals surface area (Å²) in [7, 11) is 0. The summed E-state index contributed by atoms with van der Waals surface area (Å²) in [5.74, 6) is -0.0986. The van der Waals surface area contributed by atoms with Gasteiger partial charge in [0.05, 0.1) is 6.42 Å². The van der Waals surface area contributed by atoms with Gasteiger partial charge in [-0.1, -0.05) is 58.4 Å². The van der Waals surface area contributed by atoms with Crippen LogP contribution in [-0.2, 0) is 16.0 Å². The van der Waals surface area contributed by atoms with Crippen LogP contribution in [-0.4, -0.2) is 18.4 Å². The first-order valence-corrected chi connectivity index (χ1v) is 9.25. The number of carbonyl (C=O) groups excluding carboxylic acids is 2. The van der Waals surface area contributed by atoms with Gasteiger partial charge < -0.3 is 4.74 Å². The molecule has 3 aromatic rings. The summed E-state index contributed by atoms with van der Waals surface area (Å²) in [5.41, 5.74) is 6.63. The molecular formula is C21H19BrN2O3. The molecule has 0 aromatic heterocycles. The average Bonchev–Trinajstić information content (AvgIpc) is 2.66. The van der Waals surface area contributed by atoms with Gasteiger partial charge in [-0.15, -0.1) is 0 Å². The topological polar surface area (TPSA) is 67.4 Å². The van der Waals surface area contributed by atoms with Crippen LogP contribution < -0.4 is 15.6 Å². The molecule has 2 amide bonds. The first kappa shape index (κ1) is 18.9. The Balaban J connectivity index is 1.50. The van der Waals surface area contributed by atoms with Crippen molar-refractivity contribution in [3.05, 3.63) is 76.3 Å². The van der Waals surface area contributed by atoms with Crippen molar-refractivity contribution in [2.45, 2.75) is 13.3 Å². The van der Waals surface area contributed by atoms with Crippen LogP contribution in [0.15, 0.2) is 65.1 Å². The molecule has 3 rings (SSSR count). The fourth-order valence-corrected chi connectivity index (χ4v) is 3.23. The number of ether oxygens (including phenoxy) is 1. The molecule has 0 fully saturated rings. The number of amides is 2. The standard InChI is InChI=1S/C21H19BrN2O3/c1-14-11-17(22)9-10-19(14)27-13-21(26)24-23-20(25)12-16-7-4-6-15-5-2-3-8-18(15)16/h2-11H,12-13H2,1H3,(H,23,25)(H,24,26). The highest BCUT2D eigenvalue weighted by molar-refractivity contribution is 9.10. The Kier molecular flexibility index (Phi) is 6.08. The van der Waals surface area contributed by atoms with Crippen LogP contribution >= 0.6 is 15.9 Å². The number of carbonyl (C=O) groups is 2. The predicted molar refractivity (Wildman–Crippen MR) is 108 cm³/mol. The molecule has 0 aliphatic heterocycles. The maximum atomic E-state index is 12.2. The quantitative estimate of drug-likeness (QED) is 0.611. The van der Waals surface area contributed by atoms with Gasteiger partial charge in [0, 0.05) is 4.47 Å². The van der Waals surface area contributed by atoms with Gasteiger partial charge in [0.1, 0.15) is 5.75 Å². The van der Waals surface area contributed by atoms with Crippen LogP contribution in [0.1, 0.15) is 11.1 Å². The Morgan fingerprint density at radius 3 is 2.52 bits per heavy atom. The van der Waals surface area contributed by atoms with Gasteiger partial charge in [-0.25, -0.2) is 0 Å². The van der Waals surface area contributed by atoms with Gasteiger partial charge in [-0.2, -0.15) is 0 Å². The minimum Gasteiger partial charge on any atom is -0.483 e. The van der Waals surface area contributed by atoms with E-state index >= 15 is 0 Å². The molecule has 0 heterocycles. The van der Waals surface area contributed by atoms with Crippen molar-refractivity contribution in [3.8, 4) is 5.75 Å². The Morgan fingerprint density at radius 2 is 1.70 bits per heavy atom. The van der Waals surface area contributed by atoms with E-state index in [0.29, 0.717) is 5.75 Å². The lowest BCUT2D eigenvalue weighted by Crippen LogP contribution is -2.44. The molecule has 138 valence electrons. The summed E-state index contributed by atoms with van der Waals surface area (Å²) in [4.78, 5) is 24.1. The van der Waals surface area contributed by atoms with Crippen molar-refractivity contribution in [1.82, 2.24) is 10.9 Å². The molecule has 0 saturated heterocycles.